The molecule has 1 unspecified atom stereocenters. The Labute approximate surface area is 99.6 Å². The molecule has 0 aliphatic carbocycles. The number of carboxylic acid groups (broad SMARTS) is 1. The first-order chi connectivity index (χ1) is 8.17. The highest BCUT2D eigenvalue weighted by Crippen LogP contribution is 2.06. The van der Waals surface area contributed by atoms with Crippen molar-refractivity contribution in [3.05, 3.63) is 24.0 Å². The fourth-order valence-corrected chi connectivity index (χ4v) is 1.25. The van der Waals surface area contributed by atoms with Gasteiger partial charge in [-0.3, -0.25) is 0 Å². The molecule has 1 aromatic heterocycles. The average molecular weight is 240 g/mol. The lowest BCUT2D eigenvalue weighted by Crippen LogP contribution is -2.26. The van der Waals surface area contributed by atoms with Gasteiger partial charge in [0.15, 0.2) is 0 Å². The number of aromatic nitrogens is 1. The number of carbonyl (C=O) groups is 1. The van der Waals surface area contributed by atoms with Crippen LogP contribution in [-0.4, -0.2) is 49.5 Å². The molecule has 1 atom stereocenters. The van der Waals surface area contributed by atoms with E-state index in [0.29, 0.717) is 13.2 Å². The van der Waals surface area contributed by atoms with Gasteiger partial charge in [0.2, 0.25) is 0 Å². The highest BCUT2D eigenvalue weighted by Gasteiger charge is 2.07. The Morgan fingerprint density at radius 3 is 2.76 bits per heavy atom. The number of hydrogen-bond donors (Lipinski definition) is 2. The minimum Gasteiger partial charge on any atom is -0.477 e. The molecule has 0 aliphatic heterocycles. The first-order valence-corrected chi connectivity index (χ1v) is 5.12. The van der Waals surface area contributed by atoms with Crippen LogP contribution in [0.5, 0.6) is 0 Å². The van der Waals surface area contributed by atoms with Crippen LogP contribution in [0.3, 0.4) is 0 Å². The maximum Gasteiger partial charge on any atom is 0.354 e. The second kappa shape index (κ2) is 6.82. The highest BCUT2D eigenvalue weighted by molar-refractivity contribution is 5.85. The Hall–Kier alpha value is -1.66. The molecule has 0 spiro atoms. The summed E-state index contributed by atoms with van der Waals surface area (Å²) in [7, 11) is 3.21. The largest absolute Gasteiger partial charge is 0.477 e. The van der Waals surface area contributed by atoms with Crippen molar-refractivity contribution in [2.24, 2.45) is 0 Å². The van der Waals surface area contributed by atoms with Crippen LogP contribution in [0, 0.1) is 0 Å². The average Bonchev–Trinajstić information content (AvgIpc) is 2.35. The summed E-state index contributed by atoms with van der Waals surface area (Å²) in [6.07, 6.45) is 1.42. The number of nitrogens with one attached hydrogen (secondary N) is 1. The number of anilines is 1. The molecule has 1 rings (SSSR count). The smallest absolute Gasteiger partial charge is 0.354 e. The first-order valence-electron chi connectivity index (χ1n) is 5.12. The fraction of sp³-hybridized carbons (Fsp3) is 0.455. The zero-order valence-electron chi connectivity index (χ0n) is 9.84. The van der Waals surface area contributed by atoms with Gasteiger partial charge in [-0.15, -0.1) is 0 Å². The molecular weight excluding hydrogens is 224 g/mol. The van der Waals surface area contributed by atoms with E-state index in [9.17, 15) is 4.79 Å². The first kappa shape index (κ1) is 13.4. The second-order valence-electron chi connectivity index (χ2n) is 3.43. The van der Waals surface area contributed by atoms with E-state index >= 15 is 0 Å². The number of methoxy groups -OCH3 is 2. The standard InChI is InChI=1S/C11H16N2O4/c1-16-7-9(17-2)6-12-8-3-4-10(11(14)15)13-5-8/h3-5,9,12H,6-7H2,1-2H3,(H,14,15). The number of pyridine rings is 1. The van der Waals surface area contributed by atoms with Gasteiger partial charge in [-0.1, -0.05) is 0 Å². The minimum absolute atomic E-state index is 0.0238. The van der Waals surface area contributed by atoms with Crippen molar-refractivity contribution in [3.63, 3.8) is 0 Å². The number of ether oxygens (including phenoxy) is 2. The Bertz CT molecular complexity index is 353. The molecule has 1 aromatic rings. The zero-order valence-corrected chi connectivity index (χ0v) is 9.84. The van der Waals surface area contributed by atoms with Crippen LogP contribution < -0.4 is 5.32 Å². The van der Waals surface area contributed by atoms with Crippen molar-refractivity contribution in [3.8, 4) is 0 Å². The maximum atomic E-state index is 10.6. The number of hydrogen-bond acceptors (Lipinski definition) is 5. The van der Waals surface area contributed by atoms with Crippen molar-refractivity contribution < 1.29 is 19.4 Å². The van der Waals surface area contributed by atoms with Gasteiger partial charge in [-0.2, -0.15) is 0 Å². The normalized spacial score (nSPS) is 12.1. The molecule has 0 aromatic carbocycles. The van der Waals surface area contributed by atoms with E-state index in [1.54, 1.807) is 20.3 Å². The SMILES string of the molecule is COCC(CNc1ccc(C(=O)O)nc1)OC. The van der Waals surface area contributed by atoms with E-state index in [2.05, 4.69) is 10.3 Å². The van der Waals surface area contributed by atoms with Gasteiger partial charge in [0.05, 0.1) is 24.6 Å². The summed E-state index contributed by atoms with van der Waals surface area (Å²) in [6.45, 7) is 1.06. The van der Waals surface area contributed by atoms with Gasteiger partial charge in [0.25, 0.3) is 0 Å². The molecular formula is C11H16N2O4. The minimum atomic E-state index is -1.04. The number of rotatable bonds is 7. The predicted molar refractivity (Wildman–Crippen MR) is 62.4 cm³/mol. The predicted octanol–water partition coefficient (Wildman–Crippen LogP) is 0.853. The third kappa shape index (κ3) is 4.38. The molecule has 6 heteroatoms. The van der Waals surface area contributed by atoms with Crippen molar-refractivity contribution in [1.82, 2.24) is 4.98 Å². The van der Waals surface area contributed by atoms with Crippen LogP contribution in [0.25, 0.3) is 0 Å². The second-order valence-corrected chi connectivity index (χ2v) is 3.43. The molecule has 2 N–H and O–H groups in total. The Balaban J connectivity index is 2.48. The maximum absolute atomic E-state index is 10.6. The molecule has 0 amide bonds. The molecule has 0 bridgehead atoms. The van der Waals surface area contributed by atoms with Gasteiger partial charge in [-0.05, 0) is 12.1 Å². The third-order valence-electron chi connectivity index (χ3n) is 2.20. The van der Waals surface area contributed by atoms with Crippen molar-refractivity contribution in [2.45, 2.75) is 6.10 Å². The quantitative estimate of drug-likeness (QED) is 0.735. The Morgan fingerprint density at radius 1 is 1.53 bits per heavy atom. The van der Waals surface area contributed by atoms with Gasteiger partial charge in [0.1, 0.15) is 5.69 Å². The third-order valence-corrected chi connectivity index (χ3v) is 2.20. The summed E-state index contributed by atoms with van der Waals surface area (Å²) in [5.41, 5.74) is 0.767. The summed E-state index contributed by atoms with van der Waals surface area (Å²) in [5.74, 6) is -1.04. The fourth-order valence-electron chi connectivity index (χ4n) is 1.25. The monoisotopic (exact) mass is 240 g/mol. The molecule has 1 heterocycles. The number of carboxylic acids is 1. The topological polar surface area (TPSA) is 80.7 Å². The van der Waals surface area contributed by atoms with Gasteiger partial charge < -0.3 is 19.9 Å². The number of nitrogens with zero attached hydrogens (tertiary/aromatic N) is 1. The van der Waals surface area contributed by atoms with Crippen molar-refractivity contribution >= 4 is 11.7 Å². The van der Waals surface area contributed by atoms with Crippen molar-refractivity contribution in [2.75, 3.05) is 32.7 Å². The summed E-state index contributed by atoms with van der Waals surface area (Å²) < 4.78 is 10.1. The summed E-state index contributed by atoms with van der Waals surface area (Å²) >= 11 is 0. The Kier molecular flexibility index (Phi) is 5.38. The van der Waals surface area contributed by atoms with Crippen LogP contribution in [0.2, 0.25) is 0 Å². The molecule has 0 radical (unpaired) electrons. The van der Waals surface area contributed by atoms with E-state index in [-0.39, 0.29) is 11.8 Å². The lowest BCUT2D eigenvalue weighted by atomic mass is 10.3. The highest BCUT2D eigenvalue weighted by atomic mass is 16.5. The van der Waals surface area contributed by atoms with Crippen LogP contribution >= 0.6 is 0 Å². The summed E-state index contributed by atoms with van der Waals surface area (Å²) in [5, 5.41) is 11.8. The molecule has 0 aliphatic rings. The van der Waals surface area contributed by atoms with Crippen LogP contribution in [0.4, 0.5) is 5.69 Å². The Morgan fingerprint density at radius 2 is 2.29 bits per heavy atom. The molecule has 94 valence electrons. The summed E-state index contributed by atoms with van der Waals surface area (Å²) in [4.78, 5) is 14.4. The van der Waals surface area contributed by atoms with E-state index in [1.807, 2.05) is 0 Å². The van der Waals surface area contributed by atoms with E-state index in [4.69, 9.17) is 14.6 Å². The summed E-state index contributed by atoms with van der Waals surface area (Å²) in [6, 6.07) is 3.11. The van der Waals surface area contributed by atoms with E-state index in [1.165, 1.54) is 12.3 Å². The molecule has 0 fully saturated rings. The van der Waals surface area contributed by atoms with Gasteiger partial charge in [-0.25, -0.2) is 9.78 Å². The lowest BCUT2D eigenvalue weighted by Gasteiger charge is -2.15. The molecule has 0 saturated carbocycles. The van der Waals surface area contributed by atoms with Crippen LogP contribution in [-0.2, 0) is 9.47 Å². The molecule has 17 heavy (non-hydrogen) atoms. The van der Waals surface area contributed by atoms with E-state index in [0.717, 1.165) is 5.69 Å². The van der Waals surface area contributed by atoms with Crippen LogP contribution in [0.1, 0.15) is 10.5 Å². The van der Waals surface area contributed by atoms with Crippen LogP contribution in [0.15, 0.2) is 18.3 Å². The van der Waals surface area contributed by atoms with Gasteiger partial charge >= 0.3 is 5.97 Å². The molecule has 0 saturated heterocycles. The lowest BCUT2D eigenvalue weighted by molar-refractivity contribution is 0.0365. The number of aromatic carboxylic acids is 1. The van der Waals surface area contributed by atoms with Gasteiger partial charge in [0, 0.05) is 20.8 Å². The van der Waals surface area contributed by atoms with Crippen molar-refractivity contribution in [1.29, 1.82) is 0 Å². The van der Waals surface area contributed by atoms with E-state index < -0.39 is 5.97 Å². The molecule has 6 nitrogen and oxygen atoms in total. The zero-order chi connectivity index (χ0) is 12.7.